The molecular formula is C13H10Cl2N2O. The lowest BCUT2D eigenvalue weighted by Gasteiger charge is -1.99. The molecule has 3 nitrogen and oxygen atoms in total. The molecule has 0 aliphatic rings. The Balaban J connectivity index is 2.21. The van der Waals surface area contributed by atoms with E-state index in [1.54, 1.807) is 42.2 Å². The summed E-state index contributed by atoms with van der Waals surface area (Å²) in [6.07, 6.45) is 6.27. The molecule has 92 valence electrons. The molecule has 2 rings (SSSR count). The van der Waals surface area contributed by atoms with Gasteiger partial charge in [-0.2, -0.15) is 5.10 Å². The molecule has 1 aromatic carbocycles. The Bertz CT molecular complexity index is 617. The van der Waals surface area contributed by atoms with Gasteiger partial charge in [-0.25, -0.2) is 0 Å². The molecule has 2 aromatic rings. The van der Waals surface area contributed by atoms with Crippen molar-refractivity contribution in [3.05, 3.63) is 57.8 Å². The Kier molecular flexibility index (Phi) is 3.84. The first-order valence-corrected chi connectivity index (χ1v) is 5.98. The Labute approximate surface area is 115 Å². The minimum absolute atomic E-state index is 0.126. The van der Waals surface area contributed by atoms with E-state index in [-0.39, 0.29) is 5.78 Å². The van der Waals surface area contributed by atoms with Gasteiger partial charge in [0.25, 0.3) is 0 Å². The first kappa shape index (κ1) is 12.9. The van der Waals surface area contributed by atoms with E-state index in [1.165, 1.54) is 12.3 Å². The number of aryl methyl sites for hydroxylation is 1. The number of ketones is 1. The summed E-state index contributed by atoms with van der Waals surface area (Å²) in [5.41, 5.74) is 1.24. The third-order valence-electron chi connectivity index (χ3n) is 2.39. The van der Waals surface area contributed by atoms with Crippen molar-refractivity contribution in [3.63, 3.8) is 0 Å². The highest BCUT2D eigenvalue weighted by Gasteiger charge is 2.05. The highest BCUT2D eigenvalue weighted by atomic mass is 35.5. The molecule has 0 spiro atoms. The summed E-state index contributed by atoms with van der Waals surface area (Å²) in [7, 11) is 1.76. The fourth-order valence-corrected chi connectivity index (χ4v) is 1.83. The Morgan fingerprint density at radius 3 is 2.83 bits per heavy atom. The predicted octanol–water partition coefficient (Wildman–Crippen LogP) is 3.62. The van der Waals surface area contributed by atoms with E-state index in [0.29, 0.717) is 21.2 Å². The summed E-state index contributed by atoms with van der Waals surface area (Å²) in [5, 5.41) is 4.84. The van der Waals surface area contributed by atoms with Gasteiger partial charge < -0.3 is 0 Å². The number of carbonyl (C=O) groups excluding carboxylic acids is 1. The molecule has 0 unspecified atom stereocenters. The van der Waals surface area contributed by atoms with E-state index in [0.717, 1.165) is 0 Å². The Morgan fingerprint density at radius 2 is 2.17 bits per heavy atom. The largest absolute Gasteiger partial charge is 0.289 e. The highest BCUT2D eigenvalue weighted by Crippen LogP contribution is 2.26. The zero-order valence-electron chi connectivity index (χ0n) is 9.60. The summed E-state index contributed by atoms with van der Waals surface area (Å²) in [5.74, 6) is -0.126. The molecular weight excluding hydrogens is 271 g/mol. The molecule has 0 radical (unpaired) electrons. The quantitative estimate of drug-likeness (QED) is 0.636. The molecule has 1 aromatic heterocycles. The third kappa shape index (κ3) is 2.81. The van der Waals surface area contributed by atoms with Crippen molar-refractivity contribution in [2.45, 2.75) is 0 Å². The number of benzene rings is 1. The highest BCUT2D eigenvalue weighted by molar-refractivity contribution is 6.42. The smallest absolute Gasteiger partial charge is 0.189 e. The molecule has 0 bridgehead atoms. The predicted molar refractivity (Wildman–Crippen MR) is 73.0 cm³/mol. The second kappa shape index (κ2) is 5.38. The van der Waals surface area contributed by atoms with Crippen molar-refractivity contribution >= 4 is 35.1 Å². The van der Waals surface area contributed by atoms with E-state index < -0.39 is 0 Å². The van der Waals surface area contributed by atoms with Crippen LogP contribution in [0.3, 0.4) is 0 Å². The standard InChI is InChI=1S/C13H10Cl2N2O/c1-17-8-10(7-16-17)12(18)6-5-9-3-2-4-11(14)13(9)15/h2-8H,1H3. The number of allylic oxidation sites excluding steroid dienone is 1. The molecule has 5 heteroatoms. The van der Waals surface area contributed by atoms with Crippen molar-refractivity contribution in [2.75, 3.05) is 0 Å². The van der Waals surface area contributed by atoms with Gasteiger partial charge in [0.2, 0.25) is 0 Å². The lowest BCUT2D eigenvalue weighted by molar-refractivity contribution is 0.104. The second-order valence-corrected chi connectivity index (χ2v) is 4.53. The number of hydrogen-bond acceptors (Lipinski definition) is 2. The van der Waals surface area contributed by atoms with Crippen molar-refractivity contribution in [1.82, 2.24) is 9.78 Å². The van der Waals surface area contributed by atoms with Gasteiger partial charge in [-0.05, 0) is 23.8 Å². The lowest BCUT2D eigenvalue weighted by Crippen LogP contribution is -1.92. The van der Waals surface area contributed by atoms with Gasteiger partial charge in [-0.3, -0.25) is 9.48 Å². The maximum absolute atomic E-state index is 11.8. The molecule has 0 N–H and O–H groups in total. The van der Waals surface area contributed by atoms with Gasteiger partial charge in [0.1, 0.15) is 0 Å². The first-order valence-electron chi connectivity index (χ1n) is 5.23. The molecule has 0 saturated carbocycles. The van der Waals surface area contributed by atoms with Crippen LogP contribution < -0.4 is 0 Å². The van der Waals surface area contributed by atoms with Crippen LogP contribution in [-0.2, 0) is 7.05 Å². The van der Waals surface area contributed by atoms with E-state index in [4.69, 9.17) is 23.2 Å². The molecule has 0 amide bonds. The fraction of sp³-hybridized carbons (Fsp3) is 0.0769. The average Bonchev–Trinajstić information content (AvgIpc) is 2.77. The number of aromatic nitrogens is 2. The average molecular weight is 281 g/mol. The van der Waals surface area contributed by atoms with Crippen LogP contribution in [0.2, 0.25) is 10.0 Å². The number of nitrogens with zero attached hydrogens (tertiary/aromatic N) is 2. The minimum atomic E-state index is -0.126. The summed E-state index contributed by atoms with van der Waals surface area (Å²) < 4.78 is 1.58. The van der Waals surface area contributed by atoms with Gasteiger partial charge in [0.05, 0.1) is 21.8 Å². The molecule has 0 aliphatic heterocycles. The first-order chi connectivity index (χ1) is 8.58. The van der Waals surface area contributed by atoms with E-state index in [1.807, 2.05) is 0 Å². The summed E-state index contributed by atoms with van der Waals surface area (Å²) in [6, 6.07) is 5.27. The van der Waals surface area contributed by atoms with Crippen molar-refractivity contribution in [3.8, 4) is 0 Å². The van der Waals surface area contributed by atoms with Crippen molar-refractivity contribution in [1.29, 1.82) is 0 Å². The van der Waals surface area contributed by atoms with Gasteiger partial charge >= 0.3 is 0 Å². The Hall–Kier alpha value is -1.58. The third-order valence-corrected chi connectivity index (χ3v) is 3.22. The molecule has 1 heterocycles. The number of carbonyl (C=O) groups is 1. The SMILES string of the molecule is Cn1cc(C(=O)C=Cc2cccc(Cl)c2Cl)cn1. The number of hydrogen-bond donors (Lipinski definition) is 0. The maximum atomic E-state index is 11.8. The van der Waals surface area contributed by atoms with E-state index in [2.05, 4.69) is 5.10 Å². The van der Waals surface area contributed by atoms with Crippen LogP contribution in [0.15, 0.2) is 36.7 Å². The van der Waals surface area contributed by atoms with Crippen LogP contribution in [0.1, 0.15) is 15.9 Å². The second-order valence-electron chi connectivity index (χ2n) is 3.74. The van der Waals surface area contributed by atoms with Crippen molar-refractivity contribution < 1.29 is 4.79 Å². The minimum Gasteiger partial charge on any atom is -0.289 e. The Morgan fingerprint density at radius 1 is 1.39 bits per heavy atom. The molecule has 0 saturated heterocycles. The normalized spacial score (nSPS) is 11.1. The van der Waals surface area contributed by atoms with Crippen LogP contribution >= 0.6 is 23.2 Å². The molecule has 0 fully saturated rings. The lowest BCUT2D eigenvalue weighted by atomic mass is 10.1. The number of halogens is 2. The van der Waals surface area contributed by atoms with E-state index in [9.17, 15) is 4.79 Å². The number of rotatable bonds is 3. The van der Waals surface area contributed by atoms with Gasteiger partial charge in [-0.15, -0.1) is 0 Å². The van der Waals surface area contributed by atoms with Crippen LogP contribution in [0.4, 0.5) is 0 Å². The topological polar surface area (TPSA) is 34.9 Å². The molecule has 0 atom stereocenters. The molecule has 0 aliphatic carbocycles. The zero-order valence-corrected chi connectivity index (χ0v) is 11.1. The van der Waals surface area contributed by atoms with Crippen LogP contribution in [0.5, 0.6) is 0 Å². The van der Waals surface area contributed by atoms with Crippen LogP contribution in [0.25, 0.3) is 6.08 Å². The summed E-state index contributed by atoms with van der Waals surface area (Å²) in [4.78, 5) is 11.8. The molecule has 18 heavy (non-hydrogen) atoms. The summed E-state index contributed by atoms with van der Waals surface area (Å²) >= 11 is 11.9. The van der Waals surface area contributed by atoms with Crippen molar-refractivity contribution in [2.24, 2.45) is 7.05 Å². The zero-order chi connectivity index (χ0) is 13.1. The van der Waals surface area contributed by atoms with Gasteiger partial charge in [0.15, 0.2) is 5.78 Å². The van der Waals surface area contributed by atoms with Crippen LogP contribution in [0, 0.1) is 0 Å². The van der Waals surface area contributed by atoms with E-state index >= 15 is 0 Å². The summed E-state index contributed by atoms with van der Waals surface area (Å²) in [6.45, 7) is 0. The van der Waals surface area contributed by atoms with Gasteiger partial charge in [-0.1, -0.05) is 35.3 Å². The maximum Gasteiger partial charge on any atom is 0.189 e. The van der Waals surface area contributed by atoms with Gasteiger partial charge in [0, 0.05) is 13.2 Å². The fourth-order valence-electron chi connectivity index (χ4n) is 1.46. The van der Waals surface area contributed by atoms with Crippen LogP contribution in [-0.4, -0.2) is 15.6 Å². The monoisotopic (exact) mass is 280 g/mol.